The molecule has 0 amide bonds. The number of hydrogen-bond donors (Lipinski definition) is 1. The summed E-state index contributed by atoms with van der Waals surface area (Å²) in [6.45, 7) is 0.736. The lowest BCUT2D eigenvalue weighted by Gasteiger charge is -2.25. The number of nitrogens with one attached hydrogen (secondary N) is 1. The smallest absolute Gasteiger partial charge is 0.159 e. The molecule has 1 N–H and O–H groups in total. The van der Waals surface area contributed by atoms with E-state index in [0.29, 0.717) is 6.04 Å². The van der Waals surface area contributed by atoms with Gasteiger partial charge in [0, 0.05) is 31.5 Å². The minimum absolute atomic E-state index is 0.315. The van der Waals surface area contributed by atoms with Crippen molar-refractivity contribution in [2.75, 3.05) is 0 Å². The molecule has 3 aromatic heterocycles. The molecule has 0 saturated heterocycles. The highest BCUT2D eigenvalue weighted by Gasteiger charge is 2.20. The topological polar surface area (TPSA) is 68.5 Å². The van der Waals surface area contributed by atoms with Gasteiger partial charge in [0.05, 0.1) is 17.4 Å². The molecule has 1 aliphatic carbocycles. The first-order valence-electron chi connectivity index (χ1n) is 8.28. The molecule has 6 heteroatoms. The van der Waals surface area contributed by atoms with Gasteiger partial charge < -0.3 is 5.32 Å². The second-order valence-electron chi connectivity index (χ2n) is 6.12. The highest BCUT2D eigenvalue weighted by Crippen LogP contribution is 2.27. The first kappa shape index (κ1) is 15.0. The van der Waals surface area contributed by atoms with E-state index in [1.54, 1.807) is 11.0 Å². The van der Waals surface area contributed by atoms with Crippen LogP contribution in [-0.4, -0.2) is 24.7 Å². The monoisotopic (exact) mass is 320 g/mol. The van der Waals surface area contributed by atoms with Crippen LogP contribution in [0.4, 0.5) is 0 Å². The fourth-order valence-corrected chi connectivity index (χ4v) is 3.25. The Balaban J connectivity index is 1.45. The van der Waals surface area contributed by atoms with E-state index in [9.17, 15) is 0 Å². The van der Waals surface area contributed by atoms with Gasteiger partial charge in [-0.3, -0.25) is 9.97 Å². The van der Waals surface area contributed by atoms with Crippen molar-refractivity contribution in [3.63, 3.8) is 0 Å². The molecule has 0 spiro atoms. The normalized spacial score (nSPS) is 16.8. The van der Waals surface area contributed by atoms with E-state index in [4.69, 9.17) is 0 Å². The Labute approximate surface area is 141 Å². The number of aryl methyl sites for hydroxylation is 2. The maximum atomic E-state index is 4.57. The molecule has 0 fully saturated rings. The van der Waals surface area contributed by atoms with E-state index in [2.05, 4.69) is 31.4 Å². The Morgan fingerprint density at radius 3 is 2.96 bits per heavy atom. The zero-order valence-electron chi connectivity index (χ0n) is 13.7. The molecule has 4 rings (SSSR count). The number of rotatable bonds is 4. The SMILES string of the molecule is Cn1ncnc1-c1ccc(CN[C@@H]2CCCc3cccnc32)nc1. The lowest BCUT2D eigenvalue weighted by molar-refractivity contribution is 0.445. The Hall–Kier alpha value is -2.60. The van der Waals surface area contributed by atoms with E-state index < -0.39 is 0 Å². The van der Waals surface area contributed by atoms with Gasteiger partial charge in [-0.15, -0.1) is 0 Å². The van der Waals surface area contributed by atoms with E-state index in [1.807, 2.05) is 37.6 Å². The summed E-state index contributed by atoms with van der Waals surface area (Å²) in [5.41, 5.74) is 4.55. The first-order chi connectivity index (χ1) is 11.8. The summed E-state index contributed by atoms with van der Waals surface area (Å²) in [6, 6.07) is 8.60. The summed E-state index contributed by atoms with van der Waals surface area (Å²) >= 11 is 0. The van der Waals surface area contributed by atoms with Crippen molar-refractivity contribution in [1.29, 1.82) is 0 Å². The minimum Gasteiger partial charge on any atom is -0.303 e. The number of fused-ring (bicyclic) bond motifs is 1. The molecule has 1 atom stereocenters. The molecule has 0 aliphatic heterocycles. The van der Waals surface area contributed by atoms with Crippen LogP contribution in [0.2, 0.25) is 0 Å². The molecule has 3 aromatic rings. The molecule has 122 valence electrons. The van der Waals surface area contributed by atoms with Crippen LogP contribution in [0, 0.1) is 0 Å². The van der Waals surface area contributed by atoms with Crippen molar-refractivity contribution in [3.8, 4) is 11.4 Å². The highest BCUT2D eigenvalue weighted by molar-refractivity contribution is 5.53. The summed E-state index contributed by atoms with van der Waals surface area (Å²) in [6.07, 6.45) is 8.75. The second kappa shape index (κ2) is 6.49. The molecule has 0 bridgehead atoms. The fourth-order valence-electron chi connectivity index (χ4n) is 3.25. The summed E-state index contributed by atoms with van der Waals surface area (Å²) in [5, 5.41) is 7.69. The molecular weight excluding hydrogens is 300 g/mol. The van der Waals surface area contributed by atoms with Crippen LogP contribution in [0.1, 0.15) is 35.8 Å². The van der Waals surface area contributed by atoms with Crippen LogP contribution < -0.4 is 5.32 Å². The van der Waals surface area contributed by atoms with Crippen LogP contribution in [0.15, 0.2) is 43.0 Å². The molecule has 0 unspecified atom stereocenters. The van der Waals surface area contributed by atoms with Crippen molar-refractivity contribution < 1.29 is 0 Å². The molecule has 3 heterocycles. The predicted molar refractivity (Wildman–Crippen MR) is 91.0 cm³/mol. The van der Waals surface area contributed by atoms with Crippen molar-refractivity contribution in [2.24, 2.45) is 7.05 Å². The van der Waals surface area contributed by atoms with Gasteiger partial charge in [0.25, 0.3) is 0 Å². The Kier molecular flexibility index (Phi) is 4.04. The second-order valence-corrected chi connectivity index (χ2v) is 6.12. The number of nitrogens with zero attached hydrogens (tertiary/aromatic N) is 5. The molecule has 6 nitrogen and oxygen atoms in total. The number of aromatic nitrogens is 5. The third-order valence-electron chi connectivity index (χ3n) is 4.52. The Bertz CT molecular complexity index is 824. The van der Waals surface area contributed by atoms with Crippen LogP contribution in [-0.2, 0) is 20.0 Å². The average Bonchev–Trinajstić information content (AvgIpc) is 3.06. The summed E-state index contributed by atoms with van der Waals surface area (Å²) in [5.74, 6) is 0.826. The standard InChI is InChI=1S/C18H20N6/c1-24-18(22-12-23-24)14-7-8-15(20-10-14)11-21-16-6-2-4-13-5-3-9-19-17(13)16/h3,5,7-10,12,16,21H,2,4,6,11H2,1H3/t16-/m1/s1. The summed E-state index contributed by atoms with van der Waals surface area (Å²) < 4.78 is 1.75. The van der Waals surface area contributed by atoms with Crippen LogP contribution in [0.25, 0.3) is 11.4 Å². The zero-order valence-corrected chi connectivity index (χ0v) is 13.7. The van der Waals surface area contributed by atoms with Crippen LogP contribution in [0.3, 0.4) is 0 Å². The van der Waals surface area contributed by atoms with E-state index in [-0.39, 0.29) is 0 Å². The molecule has 1 aliphatic rings. The van der Waals surface area contributed by atoms with E-state index in [0.717, 1.165) is 36.5 Å². The summed E-state index contributed by atoms with van der Waals surface area (Å²) in [4.78, 5) is 13.4. The Morgan fingerprint density at radius 2 is 2.17 bits per heavy atom. The van der Waals surface area contributed by atoms with Crippen molar-refractivity contribution >= 4 is 0 Å². The van der Waals surface area contributed by atoms with Gasteiger partial charge >= 0.3 is 0 Å². The van der Waals surface area contributed by atoms with Crippen molar-refractivity contribution in [1.82, 2.24) is 30.0 Å². The van der Waals surface area contributed by atoms with Crippen molar-refractivity contribution in [3.05, 3.63) is 59.9 Å². The first-order valence-corrected chi connectivity index (χ1v) is 8.28. The average molecular weight is 320 g/mol. The van der Waals surface area contributed by atoms with Crippen molar-refractivity contribution in [2.45, 2.75) is 31.8 Å². The maximum absolute atomic E-state index is 4.57. The molecule has 0 radical (unpaired) electrons. The van der Waals surface area contributed by atoms with E-state index in [1.165, 1.54) is 17.7 Å². The van der Waals surface area contributed by atoms with Crippen LogP contribution in [0.5, 0.6) is 0 Å². The largest absolute Gasteiger partial charge is 0.303 e. The third-order valence-corrected chi connectivity index (χ3v) is 4.52. The van der Waals surface area contributed by atoms with Gasteiger partial charge in [-0.25, -0.2) is 9.67 Å². The van der Waals surface area contributed by atoms with Gasteiger partial charge in [0.15, 0.2) is 5.82 Å². The van der Waals surface area contributed by atoms with Gasteiger partial charge in [0.1, 0.15) is 6.33 Å². The highest BCUT2D eigenvalue weighted by atomic mass is 15.3. The quantitative estimate of drug-likeness (QED) is 0.799. The Morgan fingerprint density at radius 1 is 1.21 bits per heavy atom. The molecule has 0 saturated carbocycles. The number of hydrogen-bond acceptors (Lipinski definition) is 5. The third kappa shape index (κ3) is 2.92. The maximum Gasteiger partial charge on any atom is 0.159 e. The predicted octanol–water partition coefficient (Wildman–Crippen LogP) is 2.44. The van der Waals surface area contributed by atoms with Gasteiger partial charge in [-0.05, 0) is 43.0 Å². The summed E-state index contributed by atoms with van der Waals surface area (Å²) in [7, 11) is 1.88. The lowest BCUT2D eigenvalue weighted by Crippen LogP contribution is -2.26. The molecule has 0 aromatic carbocycles. The fraction of sp³-hybridized carbons (Fsp3) is 0.333. The van der Waals surface area contributed by atoms with Gasteiger partial charge in [0.2, 0.25) is 0 Å². The van der Waals surface area contributed by atoms with Gasteiger partial charge in [-0.1, -0.05) is 6.07 Å². The van der Waals surface area contributed by atoms with Crippen LogP contribution >= 0.6 is 0 Å². The molecular formula is C18H20N6. The van der Waals surface area contributed by atoms with Gasteiger partial charge in [-0.2, -0.15) is 5.10 Å². The lowest BCUT2D eigenvalue weighted by atomic mass is 9.92. The minimum atomic E-state index is 0.315. The number of pyridine rings is 2. The zero-order chi connectivity index (χ0) is 16.4. The molecule has 24 heavy (non-hydrogen) atoms. The van der Waals surface area contributed by atoms with E-state index >= 15 is 0 Å².